The SMILES string of the molecule is C=C[C@]1(C)C[C@@H](OC(=O)CSc2cc(C#N)ccn2)[C@@]2(C)C3C(=O)CC[C@@]3(CC[C@H]2C)[C@@H](C)[C@@H]1O. The topological polar surface area (TPSA) is 100 Å². The first kappa shape index (κ1) is 25.9. The van der Waals surface area contributed by atoms with Crippen molar-refractivity contribution < 1.29 is 19.4 Å². The summed E-state index contributed by atoms with van der Waals surface area (Å²) < 4.78 is 6.23. The third-order valence-electron chi connectivity index (χ3n) is 9.78. The fourth-order valence-electron chi connectivity index (χ4n) is 7.38. The number of aliphatic hydroxyl groups is 1. The minimum absolute atomic E-state index is 0.0519. The second kappa shape index (κ2) is 9.37. The molecule has 2 bridgehead atoms. The van der Waals surface area contributed by atoms with E-state index in [9.17, 15) is 14.7 Å². The molecule has 6 nitrogen and oxygen atoms in total. The van der Waals surface area contributed by atoms with Gasteiger partial charge in [-0.2, -0.15) is 5.26 Å². The van der Waals surface area contributed by atoms with E-state index < -0.39 is 23.0 Å². The normalized spacial score (nSPS) is 40.7. The number of thioether (sulfide) groups is 1. The van der Waals surface area contributed by atoms with Crippen LogP contribution < -0.4 is 0 Å². The first-order valence-electron chi connectivity index (χ1n) is 12.5. The number of aromatic nitrogens is 1. The predicted molar refractivity (Wildman–Crippen MR) is 134 cm³/mol. The summed E-state index contributed by atoms with van der Waals surface area (Å²) in [5.74, 6) is -0.187. The van der Waals surface area contributed by atoms with Crippen molar-refractivity contribution in [3.8, 4) is 6.07 Å². The van der Waals surface area contributed by atoms with Crippen molar-refractivity contribution in [3.05, 3.63) is 36.5 Å². The van der Waals surface area contributed by atoms with Crippen molar-refractivity contribution >= 4 is 23.5 Å². The average Bonchev–Trinajstić information content (AvgIpc) is 3.21. The van der Waals surface area contributed by atoms with Crippen LogP contribution in [0.3, 0.4) is 0 Å². The lowest BCUT2D eigenvalue weighted by Crippen LogP contribution is -2.63. The standard InChI is InChI=1S/C28H36N2O4S/c1-6-26(4)14-21(34-23(32)16-35-22-13-19(15-29)9-12-30-22)27(5)17(2)7-10-28(18(3)25(26)33)11-8-20(31)24(27)28/h6,9,12-13,17-18,21,24-25,33H,1,7-8,10-11,14,16H2,2-5H3/t17-,18+,21-,24?,25+,26-,27+,28+/m1/s1. The van der Waals surface area contributed by atoms with Crippen LogP contribution in [-0.4, -0.2) is 39.8 Å². The first-order chi connectivity index (χ1) is 16.5. The molecule has 3 saturated carbocycles. The molecule has 35 heavy (non-hydrogen) atoms. The molecule has 0 aromatic carbocycles. The Labute approximate surface area is 212 Å². The number of nitrogens with zero attached hydrogens (tertiary/aromatic N) is 2. The van der Waals surface area contributed by atoms with Gasteiger partial charge in [0.1, 0.15) is 11.9 Å². The molecule has 0 radical (unpaired) electrons. The number of pyridine rings is 1. The van der Waals surface area contributed by atoms with E-state index in [1.165, 1.54) is 11.8 Å². The smallest absolute Gasteiger partial charge is 0.316 e. The Morgan fingerprint density at radius 3 is 2.83 bits per heavy atom. The Balaban J connectivity index is 1.67. The summed E-state index contributed by atoms with van der Waals surface area (Å²) in [5.41, 5.74) is -0.976. The van der Waals surface area contributed by atoms with Gasteiger partial charge in [0, 0.05) is 29.4 Å². The Bertz CT molecular complexity index is 1070. The zero-order valence-electron chi connectivity index (χ0n) is 21.1. The van der Waals surface area contributed by atoms with E-state index >= 15 is 0 Å². The summed E-state index contributed by atoms with van der Waals surface area (Å²) in [6.07, 6.45) is 5.71. The molecule has 7 heteroatoms. The van der Waals surface area contributed by atoms with Gasteiger partial charge in [0.25, 0.3) is 0 Å². The number of esters is 1. The van der Waals surface area contributed by atoms with Crippen molar-refractivity contribution in [2.24, 2.45) is 34.0 Å². The number of hydrogen-bond acceptors (Lipinski definition) is 7. The largest absolute Gasteiger partial charge is 0.461 e. The van der Waals surface area contributed by atoms with Crippen LogP contribution in [0.1, 0.15) is 65.4 Å². The van der Waals surface area contributed by atoms with Crippen LogP contribution in [0.4, 0.5) is 0 Å². The molecule has 1 unspecified atom stereocenters. The van der Waals surface area contributed by atoms with Gasteiger partial charge in [0.2, 0.25) is 0 Å². The van der Waals surface area contributed by atoms with Gasteiger partial charge in [-0.05, 0) is 55.1 Å². The summed E-state index contributed by atoms with van der Waals surface area (Å²) in [7, 11) is 0. The first-order valence-corrected chi connectivity index (χ1v) is 13.5. The second-order valence-electron chi connectivity index (χ2n) is 11.3. The highest BCUT2D eigenvalue weighted by Gasteiger charge is 2.68. The lowest BCUT2D eigenvalue weighted by atomic mass is 9.44. The van der Waals surface area contributed by atoms with Gasteiger partial charge in [-0.25, -0.2) is 4.98 Å². The Morgan fingerprint density at radius 1 is 1.40 bits per heavy atom. The van der Waals surface area contributed by atoms with Crippen LogP contribution >= 0.6 is 11.8 Å². The molecule has 1 aromatic rings. The van der Waals surface area contributed by atoms with Crippen molar-refractivity contribution in [1.82, 2.24) is 4.98 Å². The third kappa shape index (κ3) is 4.13. The third-order valence-corrected chi connectivity index (χ3v) is 10.7. The molecule has 0 saturated heterocycles. The number of nitriles is 1. The molecule has 1 aromatic heterocycles. The van der Waals surface area contributed by atoms with Gasteiger partial charge < -0.3 is 9.84 Å². The lowest BCUT2D eigenvalue weighted by molar-refractivity contribution is -0.205. The summed E-state index contributed by atoms with van der Waals surface area (Å²) in [4.78, 5) is 30.8. The monoisotopic (exact) mass is 496 g/mol. The molecule has 0 aliphatic heterocycles. The Kier molecular flexibility index (Phi) is 6.93. The Hall–Kier alpha value is -2.17. The van der Waals surface area contributed by atoms with Gasteiger partial charge in [-0.15, -0.1) is 6.58 Å². The molecule has 4 rings (SSSR count). The van der Waals surface area contributed by atoms with Crippen LogP contribution in [0.15, 0.2) is 36.0 Å². The van der Waals surface area contributed by atoms with Gasteiger partial charge in [0.05, 0.1) is 28.5 Å². The number of carbonyl (C=O) groups is 2. The lowest BCUT2D eigenvalue weighted by Gasteiger charge is -2.61. The Morgan fingerprint density at radius 2 is 2.14 bits per heavy atom. The molecule has 1 N–H and O–H groups in total. The van der Waals surface area contributed by atoms with Crippen LogP contribution in [0.25, 0.3) is 0 Å². The maximum absolute atomic E-state index is 13.4. The van der Waals surface area contributed by atoms with Crippen molar-refractivity contribution in [3.63, 3.8) is 0 Å². The number of aliphatic hydroxyl groups excluding tert-OH is 1. The predicted octanol–water partition coefficient (Wildman–Crippen LogP) is 4.95. The highest BCUT2D eigenvalue weighted by molar-refractivity contribution is 7.99. The fraction of sp³-hybridized carbons (Fsp3) is 0.643. The van der Waals surface area contributed by atoms with Crippen molar-refractivity contribution in [1.29, 1.82) is 5.26 Å². The molecular weight excluding hydrogens is 460 g/mol. The average molecular weight is 497 g/mol. The minimum atomic E-state index is -0.681. The molecule has 0 amide bonds. The number of carbonyl (C=O) groups excluding carboxylic acids is 2. The van der Waals surface area contributed by atoms with E-state index in [4.69, 9.17) is 10.00 Å². The maximum Gasteiger partial charge on any atom is 0.316 e. The van der Waals surface area contributed by atoms with Gasteiger partial charge in [-0.3, -0.25) is 9.59 Å². The number of ether oxygens (including phenoxy) is 1. The molecule has 3 aliphatic rings. The molecule has 1 heterocycles. The molecule has 0 spiro atoms. The second-order valence-corrected chi connectivity index (χ2v) is 12.3. The number of rotatable bonds is 5. The molecule has 188 valence electrons. The van der Waals surface area contributed by atoms with Crippen LogP contribution in [-0.2, 0) is 14.3 Å². The van der Waals surface area contributed by atoms with E-state index in [-0.39, 0.29) is 40.7 Å². The number of ketones is 1. The quantitative estimate of drug-likeness (QED) is 0.350. The van der Waals surface area contributed by atoms with E-state index in [0.717, 1.165) is 19.3 Å². The van der Waals surface area contributed by atoms with Crippen LogP contribution in [0, 0.1) is 45.3 Å². The highest BCUT2D eigenvalue weighted by atomic mass is 32.2. The van der Waals surface area contributed by atoms with Crippen molar-refractivity contribution in [2.75, 3.05) is 5.75 Å². The number of Topliss-reactive ketones (excluding diaryl/α,β-unsaturated/α-hetero) is 1. The van der Waals surface area contributed by atoms with Crippen molar-refractivity contribution in [2.45, 2.75) is 77.0 Å². The zero-order chi connectivity index (χ0) is 25.6. The molecule has 3 fully saturated rings. The van der Waals surface area contributed by atoms with E-state index in [1.807, 2.05) is 6.92 Å². The van der Waals surface area contributed by atoms with Gasteiger partial charge in [0.15, 0.2) is 0 Å². The van der Waals surface area contributed by atoms with Crippen LogP contribution in [0.5, 0.6) is 0 Å². The summed E-state index contributed by atoms with van der Waals surface area (Å²) in [6, 6.07) is 5.35. The highest BCUT2D eigenvalue weighted by Crippen LogP contribution is 2.68. The zero-order valence-corrected chi connectivity index (χ0v) is 21.9. The number of hydrogen-bond donors (Lipinski definition) is 1. The molecule has 3 aliphatic carbocycles. The van der Waals surface area contributed by atoms with E-state index in [1.54, 1.807) is 24.4 Å². The van der Waals surface area contributed by atoms with E-state index in [0.29, 0.717) is 23.4 Å². The molecule has 8 atom stereocenters. The summed E-state index contributed by atoms with van der Waals surface area (Å²) >= 11 is 1.23. The van der Waals surface area contributed by atoms with Gasteiger partial charge >= 0.3 is 5.97 Å². The summed E-state index contributed by atoms with van der Waals surface area (Å²) in [5, 5.41) is 21.3. The molecular formula is C28H36N2O4S. The van der Waals surface area contributed by atoms with Crippen LogP contribution in [0.2, 0.25) is 0 Å². The fourth-order valence-corrected chi connectivity index (χ4v) is 8.06. The maximum atomic E-state index is 13.4. The van der Waals surface area contributed by atoms with Gasteiger partial charge in [-0.1, -0.05) is 45.5 Å². The van der Waals surface area contributed by atoms with E-state index in [2.05, 4.69) is 38.4 Å². The minimum Gasteiger partial charge on any atom is -0.461 e. The summed E-state index contributed by atoms with van der Waals surface area (Å²) in [6.45, 7) is 12.4.